The first-order valence-electron chi connectivity index (χ1n) is 5.20. The summed E-state index contributed by atoms with van der Waals surface area (Å²) in [6.07, 6.45) is 7.66. The van der Waals surface area contributed by atoms with Crippen LogP contribution in [0.3, 0.4) is 0 Å². The van der Waals surface area contributed by atoms with Crippen LogP contribution in [0.2, 0.25) is 0 Å². The zero-order chi connectivity index (χ0) is 9.26. The molecule has 2 rings (SSSR count). The minimum Gasteiger partial charge on any atom is -0.481 e. The van der Waals surface area contributed by atoms with Crippen molar-refractivity contribution < 1.29 is 9.90 Å². The van der Waals surface area contributed by atoms with Gasteiger partial charge in [-0.15, -0.1) is 0 Å². The molecular weight excluding hydrogens is 164 g/mol. The van der Waals surface area contributed by atoms with E-state index in [-0.39, 0.29) is 0 Å². The molecule has 0 heterocycles. The van der Waals surface area contributed by atoms with Crippen molar-refractivity contribution in [3.8, 4) is 0 Å². The zero-order valence-electron chi connectivity index (χ0n) is 7.88. The van der Waals surface area contributed by atoms with Crippen LogP contribution < -0.4 is 0 Å². The number of carbonyl (C=O) groups is 1. The van der Waals surface area contributed by atoms with Gasteiger partial charge in [-0.05, 0) is 38.0 Å². The highest BCUT2D eigenvalue weighted by atomic mass is 16.4. The Morgan fingerprint density at radius 1 is 1.31 bits per heavy atom. The SMILES string of the molecule is O=C(O)CC1=C2CCCCC2CC1. The Bertz CT molecular complexity index is 253. The van der Waals surface area contributed by atoms with E-state index in [2.05, 4.69) is 0 Å². The number of carboxylic acid groups (broad SMARTS) is 1. The molecule has 2 aliphatic carbocycles. The molecule has 0 aromatic heterocycles. The average molecular weight is 180 g/mol. The minimum absolute atomic E-state index is 0.297. The molecule has 1 N–H and O–H groups in total. The maximum absolute atomic E-state index is 10.6. The summed E-state index contributed by atoms with van der Waals surface area (Å²) in [5, 5.41) is 8.73. The lowest BCUT2D eigenvalue weighted by molar-refractivity contribution is -0.136. The molecule has 1 unspecified atom stereocenters. The van der Waals surface area contributed by atoms with Crippen LogP contribution in [0.4, 0.5) is 0 Å². The quantitative estimate of drug-likeness (QED) is 0.663. The van der Waals surface area contributed by atoms with Gasteiger partial charge in [-0.25, -0.2) is 0 Å². The van der Waals surface area contributed by atoms with Crippen LogP contribution in [-0.4, -0.2) is 11.1 Å². The molecular formula is C11H16O2. The predicted molar refractivity (Wildman–Crippen MR) is 50.5 cm³/mol. The molecule has 2 aliphatic rings. The molecule has 13 heavy (non-hydrogen) atoms. The van der Waals surface area contributed by atoms with Crippen molar-refractivity contribution in [2.75, 3.05) is 0 Å². The molecule has 72 valence electrons. The van der Waals surface area contributed by atoms with Crippen LogP contribution in [0.15, 0.2) is 11.1 Å². The van der Waals surface area contributed by atoms with Gasteiger partial charge in [-0.2, -0.15) is 0 Å². The van der Waals surface area contributed by atoms with Gasteiger partial charge in [-0.3, -0.25) is 4.79 Å². The van der Waals surface area contributed by atoms with E-state index in [0.29, 0.717) is 6.42 Å². The Labute approximate surface area is 78.6 Å². The van der Waals surface area contributed by atoms with Crippen molar-refractivity contribution in [2.45, 2.75) is 44.9 Å². The second-order valence-corrected chi connectivity index (χ2v) is 4.18. The summed E-state index contributed by atoms with van der Waals surface area (Å²) in [5.74, 6) is 0.0943. The number of fused-ring (bicyclic) bond motifs is 1. The van der Waals surface area contributed by atoms with E-state index in [0.717, 1.165) is 12.3 Å². The van der Waals surface area contributed by atoms with Gasteiger partial charge >= 0.3 is 5.97 Å². The highest BCUT2D eigenvalue weighted by Gasteiger charge is 2.27. The van der Waals surface area contributed by atoms with E-state index in [1.54, 1.807) is 0 Å². The lowest BCUT2D eigenvalue weighted by atomic mass is 9.85. The van der Waals surface area contributed by atoms with Crippen LogP contribution in [-0.2, 0) is 4.79 Å². The summed E-state index contributed by atoms with van der Waals surface area (Å²) in [4.78, 5) is 10.6. The van der Waals surface area contributed by atoms with Gasteiger partial charge in [0.1, 0.15) is 0 Å². The minimum atomic E-state index is -0.659. The van der Waals surface area contributed by atoms with Gasteiger partial charge in [0.05, 0.1) is 6.42 Å². The van der Waals surface area contributed by atoms with Gasteiger partial charge in [-0.1, -0.05) is 17.6 Å². The van der Waals surface area contributed by atoms with Gasteiger partial charge in [0, 0.05) is 0 Å². The summed E-state index contributed by atoms with van der Waals surface area (Å²) in [6, 6.07) is 0. The molecule has 0 bridgehead atoms. The van der Waals surface area contributed by atoms with Gasteiger partial charge in [0.2, 0.25) is 0 Å². The van der Waals surface area contributed by atoms with E-state index in [4.69, 9.17) is 5.11 Å². The first-order chi connectivity index (χ1) is 6.27. The Balaban J connectivity index is 2.11. The third-order valence-electron chi connectivity index (χ3n) is 3.35. The van der Waals surface area contributed by atoms with E-state index in [1.165, 1.54) is 43.3 Å². The molecule has 0 saturated heterocycles. The summed E-state index contributed by atoms with van der Waals surface area (Å²) < 4.78 is 0. The molecule has 0 spiro atoms. The van der Waals surface area contributed by atoms with E-state index < -0.39 is 5.97 Å². The van der Waals surface area contributed by atoms with Crippen LogP contribution >= 0.6 is 0 Å². The highest BCUT2D eigenvalue weighted by Crippen LogP contribution is 2.42. The molecule has 1 saturated carbocycles. The zero-order valence-corrected chi connectivity index (χ0v) is 7.88. The Kier molecular flexibility index (Phi) is 2.38. The lowest BCUT2D eigenvalue weighted by Crippen LogP contribution is -2.06. The van der Waals surface area contributed by atoms with Crippen molar-refractivity contribution >= 4 is 5.97 Å². The first-order valence-corrected chi connectivity index (χ1v) is 5.20. The molecule has 0 aromatic rings. The van der Waals surface area contributed by atoms with Gasteiger partial charge in [0.15, 0.2) is 0 Å². The largest absolute Gasteiger partial charge is 0.481 e. The fraction of sp³-hybridized carbons (Fsp3) is 0.727. The van der Waals surface area contributed by atoms with Crippen molar-refractivity contribution in [3.63, 3.8) is 0 Å². The monoisotopic (exact) mass is 180 g/mol. The fourth-order valence-electron chi connectivity index (χ4n) is 2.76. The van der Waals surface area contributed by atoms with Crippen LogP contribution in [0, 0.1) is 5.92 Å². The normalized spacial score (nSPS) is 27.5. The summed E-state index contributed by atoms with van der Waals surface area (Å²) in [6.45, 7) is 0. The van der Waals surface area contributed by atoms with Gasteiger partial charge in [0.25, 0.3) is 0 Å². The maximum Gasteiger partial charge on any atom is 0.307 e. The van der Waals surface area contributed by atoms with Crippen molar-refractivity contribution in [1.29, 1.82) is 0 Å². The topological polar surface area (TPSA) is 37.3 Å². The van der Waals surface area contributed by atoms with Crippen molar-refractivity contribution in [1.82, 2.24) is 0 Å². The van der Waals surface area contributed by atoms with Crippen LogP contribution in [0.25, 0.3) is 0 Å². The molecule has 0 radical (unpaired) electrons. The molecule has 2 heteroatoms. The maximum atomic E-state index is 10.6. The second kappa shape index (κ2) is 3.52. The smallest absolute Gasteiger partial charge is 0.307 e. The number of hydrogen-bond donors (Lipinski definition) is 1. The number of rotatable bonds is 2. The Morgan fingerprint density at radius 3 is 2.92 bits per heavy atom. The molecule has 1 atom stereocenters. The number of hydrogen-bond acceptors (Lipinski definition) is 1. The lowest BCUT2D eigenvalue weighted by Gasteiger charge is -2.20. The first kappa shape index (κ1) is 8.79. The molecule has 1 fully saturated rings. The van der Waals surface area contributed by atoms with Crippen molar-refractivity contribution in [2.24, 2.45) is 5.92 Å². The molecule has 0 aromatic carbocycles. The average Bonchev–Trinajstić information content (AvgIpc) is 2.48. The van der Waals surface area contributed by atoms with Gasteiger partial charge < -0.3 is 5.11 Å². The van der Waals surface area contributed by atoms with Crippen molar-refractivity contribution in [3.05, 3.63) is 11.1 Å². The number of allylic oxidation sites excluding steroid dienone is 1. The highest BCUT2D eigenvalue weighted by molar-refractivity contribution is 5.70. The standard InChI is InChI=1S/C11H16O2/c12-11(13)7-9-6-5-8-3-1-2-4-10(8)9/h8H,1-7H2,(H,12,13). The van der Waals surface area contributed by atoms with E-state index >= 15 is 0 Å². The summed E-state index contributed by atoms with van der Waals surface area (Å²) in [5.41, 5.74) is 2.76. The number of carboxylic acids is 1. The number of aliphatic carboxylic acids is 1. The molecule has 0 amide bonds. The van der Waals surface area contributed by atoms with Crippen LogP contribution in [0.1, 0.15) is 44.9 Å². The third-order valence-corrected chi connectivity index (χ3v) is 3.35. The Morgan fingerprint density at radius 2 is 2.15 bits per heavy atom. The predicted octanol–water partition coefficient (Wildman–Crippen LogP) is 2.74. The van der Waals surface area contributed by atoms with E-state index in [1.807, 2.05) is 0 Å². The van der Waals surface area contributed by atoms with E-state index in [9.17, 15) is 4.79 Å². The Hall–Kier alpha value is -0.790. The summed E-state index contributed by atoms with van der Waals surface area (Å²) >= 11 is 0. The van der Waals surface area contributed by atoms with Crippen LogP contribution in [0.5, 0.6) is 0 Å². The summed E-state index contributed by atoms with van der Waals surface area (Å²) in [7, 11) is 0. The molecule has 0 aliphatic heterocycles. The fourth-order valence-corrected chi connectivity index (χ4v) is 2.76. The second-order valence-electron chi connectivity index (χ2n) is 4.18. The third kappa shape index (κ3) is 1.77. The molecule has 2 nitrogen and oxygen atoms in total.